The van der Waals surface area contributed by atoms with E-state index in [9.17, 15) is 5.11 Å². The van der Waals surface area contributed by atoms with E-state index in [-0.39, 0.29) is 6.10 Å². The molecule has 82 valence electrons. The Hall–Kier alpha value is -0.120. The van der Waals surface area contributed by atoms with Gasteiger partial charge in [-0.15, -0.1) is 0 Å². The number of piperidine rings is 1. The Morgan fingerprint density at radius 2 is 2.36 bits per heavy atom. The van der Waals surface area contributed by atoms with E-state index in [0.29, 0.717) is 0 Å². The van der Waals surface area contributed by atoms with Crippen LogP contribution in [0.15, 0.2) is 0 Å². The van der Waals surface area contributed by atoms with Crippen LogP contribution in [-0.4, -0.2) is 48.3 Å². The van der Waals surface area contributed by atoms with Gasteiger partial charge >= 0.3 is 0 Å². The molecule has 0 aromatic heterocycles. The highest BCUT2D eigenvalue weighted by Crippen LogP contribution is 2.37. The summed E-state index contributed by atoms with van der Waals surface area (Å²) in [6.07, 6.45) is 3.98. The van der Waals surface area contributed by atoms with Crippen molar-refractivity contribution in [2.24, 2.45) is 5.92 Å². The van der Waals surface area contributed by atoms with Crippen molar-refractivity contribution in [1.29, 1.82) is 0 Å². The van der Waals surface area contributed by atoms with Crippen molar-refractivity contribution >= 4 is 0 Å². The van der Waals surface area contributed by atoms with E-state index in [2.05, 4.69) is 17.1 Å². The van der Waals surface area contributed by atoms with Crippen LogP contribution in [0.1, 0.15) is 26.2 Å². The number of nitrogens with zero attached hydrogens (tertiary/aromatic N) is 1. The standard InChI is InChI=1S/C11H22N2O/c1-2-12-6-11(14)8-13-7-9-3-4-10(13)5-9/h9-12,14H,2-8H2,1H3. The molecule has 0 radical (unpaired) electrons. The van der Waals surface area contributed by atoms with Gasteiger partial charge in [0, 0.05) is 25.7 Å². The Balaban J connectivity index is 1.70. The van der Waals surface area contributed by atoms with Crippen molar-refractivity contribution in [2.45, 2.75) is 38.3 Å². The van der Waals surface area contributed by atoms with Gasteiger partial charge in [-0.3, -0.25) is 4.90 Å². The second kappa shape index (κ2) is 4.60. The van der Waals surface area contributed by atoms with Gasteiger partial charge < -0.3 is 10.4 Å². The summed E-state index contributed by atoms with van der Waals surface area (Å²) in [7, 11) is 0. The number of β-amino-alcohol motifs (C(OH)–C–C–N with tert-alkyl or cyclic N) is 1. The van der Waals surface area contributed by atoms with Gasteiger partial charge in [-0.2, -0.15) is 0 Å². The monoisotopic (exact) mass is 198 g/mol. The quantitative estimate of drug-likeness (QED) is 0.673. The van der Waals surface area contributed by atoms with Gasteiger partial charge in [0.25, 0.3) is 0 Å². The molecular weight excluding hydrogens is 176 g/mol. The number of hydrogen-bond donors (Lipinski definition) is 2. The fraction of sp³-hybridized carbons (Fsp3) is 1.00. The number of fused-ring (bicyclic) bond motifs is 2. The van der Waals surface area contributed by atoms with Crippen molar-refractivity contribution in [1.82, 2.24) is 10.2 Å². The molecule has 1 saturated heterocycles. The maximum atomic E-state index is 9.76. The van der Waals surface area contributed by atoms with Crippen molar-refractivity contribution in [2.75, 3.05) is 26.2 Å². The summed E-state index contributed by atoms with van der Waals surface area (Å²) >= 11 is 0. The smallest absolute Gasteiger partial charge is 0.0791 e. The van der Waals surface area contributed by atoms with E-state index in [0.717, 1.165) is 31.6 Å². The van der Waals surface area contributed by atoms with Gasteiger partial charge in [0.15, 0.2) is 0 Å². The van der Waals surface area contributed by atoms with Crippen LogP contribution >= 0.6 is 0 Å². The molecule has 0 aromatic rings. The normalized spacial score (nSPS) is 33.9. The molecule has 2 N–H and O–H groups in total. The zero-order chi connectivity index (χ0) is 9.97. The Morgan fingerprint density at radius 1 is 1.50 bits per heavy atom. The van der Waals surface area contributed by atoms with Crippen molar-refractivity contribution in [3.8, 4) is 0 Å². The highest BCUT2D eigenvalue weighted by Gasteiger charge is 2.37. The molecule has 1 aliphatic carbocycles. The largest absolute Gasteiger partial charge is 0.390 e. The minimum absolute atomic E-state index is 0.186. The molecule has 3 nitrogen and oxygen atoms in total. The van der Waals surface area contributed by atoms with Crippen LogP contribution in [0, 0.1) is 5.92 Å². The van der Waals surface area contributed by atoms with Crippen molar-refractivity contribution < 1.29 is 5.11 Å². The summed E-state index contributed by atoms with van der Waals surface area (Å²) in [5, 5.41) is 13.0. The van der Waals surface area contributed by atoms with Crippen LogP contribution < -0.4 is 5.32 Å². The predicted molar refractivity (Wildman–Crippen MR) is 57.3 cm³/mol. The first-order chi connectivity index (χ1) is 6.79. The molecule has 2 fully saturated rings. The van der Waals surface area contributed by atoms with Crippen LogP contribution in [-0.2, 0) is 0 Å². The maximum Gasteiger partial charge on any atom is 0.0791 e. The summed E-state index contributed by atoms with van der Waals surface area (Å²) in [4.78, 5) is 2.48. The third-order valence-electron chi connectivity index (χ3n) is 3.60. The fourth-order valence-corrected chi connectivity index (χ4v) is 2.90. The molecule has 0 aromatic carbocycles. The lowest BCUT2D eigenvalue weighted by atomic mass is 10.1. The molecule has 2 aliphatic rings. The van der Waals surface area contributed by atoms with E-state index in [4.69, 9.17) is 0 Å². The molecule has 1 saturated carbocycles. The van der Waals surface area contributed by atoms with Gasteiger partial charge in [-0.05, 0) is 31.7 Å². The second-order valence-electron chi connectivity index (χ2n) is 4.75. The third kappa shape index (κ3) is 2.27. The van der Waals surface area contributed by atoms with Crippen LogP contribution in [0.4, 0.5) is 0 Å². The van der Waals surface area contributed by atoms with Gasteiger partial charge in [-0.1, -0.05) is 6.92 Å². The highest BCUT2D eigenvalue weighted by atomic mass is 16.3. The van der Waals surface area contributed by atoms with E-state index in [1.165, 1.54) is 25.8 Å². The van der Waals surface area contributed by atoms with Crippen LogP contribution in [0.2, 0.25) is 0 Å². The average molecular weight is 198 g/mol. The summed E-state index contributed by atoms with van der Waals surface area (Å²) in [6, 6.07) is 0.788. The molecule has 1 heterocycles. The Morgan fingerprint density at radius 3 is 2.93 bits per heavy atom. The minimum Gasteiger partial charge on any atom is -0.390 e. The van der Waals surface area contributed by atoms with Gasteiger partial charge in [0.1, 0.15) is 0 Å². The Kier molecular flexibility index (Phi) is 3.42. The van der Waals surface area contributed by atoms with Crippen LogP contribution in [0.3, 0.4) is 0 Å². The molecule has 3 atom stereocenters. The van der Waals surface area contributed by atoms with E-state index < -0.39 is 0 Å². The van der Waals surface area contributed by atoms with E-state index in [1.54, 1.807) is 0 Å². The van der Waals surface area contributed by atoms with Gasteiger partial charge in [0.2, 0.25) is 0 Å². The van der Waals surface area contributed by atoms with Crippen LogP contribution in [0.25, 0.3) is 0 Å². The lowest BCUT2D eigenvalue weighted by Gasteiger charge is -2.28. The lowest BCUT2D eigenvalue weighted by Crippen LogP contribution is -2.41. The number of likely N-dealkylation sites (N-methyl/N-ethyl adjacent to an activating group) is 1. The molecule has 2 bridgehead atoms. The first-order valence-corrected chi connectivity index (χ1v) is 5.92. The first-order valence-electron chi connectivity index (χ1n) is 5.92. The van der Waals surface area contributed by atoms with Gasteiger partial charge in [-0.25, -0.2) is 0 Å². The SMILES string of the molecule is CCNCC(O)CN1CC2CCC1C2. The zero-order valence-corrected chi connectivity index (χ0v) is 9.08. The minimum atomic E-state index is -0.186. The number of aliphatic hydroxyl groups is 1. The molecule has 2 rings (SSSR count). The number of aliphatic hydroxyl groups excluding tert-OH is 1. The predicted octanol–water partition coefficient (Wildman–Crippen LogP) is 0.441. The van der Waals surface area contributed by atoms with Crippen molar-refractivity contribution in [3.05, 3.63) is 0 Å². The van der Waals surface area contributed by atoms with Gasteiger partial charge in [0.05, 0.1) is 6.10 Å². The topological polar surface area (TPSA) is 35.5 Å². The molecular formula is C11H22N2O. The third-order valence-corrected chi connectivity index (χ3v) is 3.60. The molecule has 0 amide bonds. The molecule has 3 heteroatoms. The average Bonchev–Trinajstić information content (AvgIpc) is 2.76. The number of likely N-dealkylation sites (tertiary alicyclic amines) is 1. The Labute approximate surface area is 86.5 Å². The summed E-state index contributed by atoms with van der Waals surface area (Å²) in [5.41, 5.74) is 0. The molecule has 14 heavy (non-hydrogen) atoms. The summed E-state index contributed by atoms with van der Waals surface area (Å²) in [6.45, 7) is 5.86. The zero-order valence-electron chi connectivity index (χ0n) is 9.08. The fourth-order valence-electron chi connectivity index (χ4n) is 2.90. The van der Waals surface area contributed by atoms with Crippen LogP contribution in [0.5, 0.6) is 0 Å². The molecule has 0 spiro atoms. The number of hydrogen-bond acceptors (Lipinski definition) is 3. The molecule has 1 aliphatic heterocycles. The Bertz CT molecular complexity index is 186. The summed E-state index contributed by atoms with van der Waals surface area (Å²) < 4.78 is 0. The maximum absolute atomic E-state index is 9.76. The highest BCUT2D eigenvalue weighted by molar-refractivity contribution is 4.92. The van der Waals surface area contributed by atoms with E-state index >= 15 is 0 Å². The second-order valence-corrected chi connectivity index (χ2v) is 4.75. The van der Waals surface area contributed by atoms with E-state index in [1.807, 2.05) is 0 Å². The number of nitrogens with one attached hydrogen (secondary N) is 1. The summed E-state index contributed by atoms with van der Waals surface area (Å²) in [5.74, 6) is 0.936. The van der Waals surface area contributed by atoms with Crippen molar-refractivity contribution in [3.63, 3.8) is 0 Å². The molecule has 3 unspecified atom stereocenters. The lowest BCUT2D eigenvalue weighted by molar-refractivity contribution is 0.0942. The first kappa shape index (κ1) is 10.4. The number of rotatable bonds is 5.